The van der Waals surface area contributed by atoms with Gasteiger partial charge in [-0.05, 0) is 0 Å². The minimum Gasteiger partial charge on any atom is -0.349 e. The fraction of sp³-hybridized carbons (Fsp3) is 0.875. The summed E-state index contributed by atoms with van der Waals surface area (Å²) < 4.78 is 0. The minimum atomic E-state index is 0.190. The largest absolute Gasteiger partial charge is 0.349 e. The molecule has 1 fully saturated rings. The maximum Gasteiger partial charge on any atom is 0.223 e. The fourth-order valence-electron chi connectivity index (χ4n) is 1.04. The van der Waals surface area contributed by atoms with E-state index in [1.54, 1.807) is 19.0 Å². The van der Waals surface area contributed by atoms with Crippen LogP contribution in [0, 0.1) is 0 Å². The van der Waals surface area contributed by atoms with Crippen molar-refractivity contribution in [2.45, 2.75) is 12.5 Å². The van der Waals surface area contributed by atoms with E-state index in [1.165, 1.54) is 0 Å². The van der Waals surface area contributed by atoms with Crippen molar-refractivity contribution in [1.82, 2.24) is 15.5 Å². The molecule has 2 N–H and O–H groups in total. The second-order valence-electron chi connectivity index (χ2n) is 3.35. The second kappa shape index (κ2) is 4.42. The van der Waals surface area contributed by atoms with Crippen molar-refractivity contribution >= 4 is 5.91 Å². The molecule has 1 aliphatic heterocycles. The molecule has 0 aromatic carbocycles. The number of hydrogen-bond donors (Lipinski definition) is 2. The van der Waals surface area contributed by atoms with Crippen LogP contribution in [0.15, 0.2) is 0 Å². The Labute approximate surface area is 73.3 Å². The lowest BCUT2D eigenvalue weighted by atomic mass is 10.2. The SMILES string of the molecule is CN(C)C(=O)CCNC1CNC1. The highest BCUT2D eigenvalue weighted by molar-refractivity contribution is 5.75. The number of nitrogens with zero attached hydrogens (tertiary/aromatic N) is 1. The van der Waals surface area contributed by atoms with Gasteiger partial charge in [0.05, 0.1) is 0 Å². The second-order valence-corrected chi connectivity index (χ2v) is 3.35. The molecule has 0 aliphatic carbocycles. The summed E-state index contributed by atoms with van der Waals surface area (Å²) in [4.78, 5) is 12.7. The number of carbonyl (C=O) groups excluding carboxylic acids is 1. The Morgan fingerprint density at radius 1 is 1.58 bits per heavy atom. The van der Waals surface area contributed by atoms with Crippen LogP contribution in [0.25, 0.3) is 0 Å². The van der Waals surface area contributed by atoms with Gasteiger partial charge in [0.15, 0.2) is 0 Å². The van der Waals surface area contributed by atoms with Crippen molar-refractivity contribution in [3.63, 3.8) is 0 Å². The zero-order chi connectivity index (χ0) is 8.97. The standard InChI is InChI=1S/C8H17N3O/c1-11(2)8(12)3-4-10-7-5-9-6-7/h7,9-10H,3-6H2,1-2H3. The van der Waals surface area contributed by atoms with Crippen LogP contribution in [-0.4, -0.2) is 50.6 Å². The highest BCUT2D eigenvalue weighted by atomic mass is 16.2. The van der Waals surface area contributed by atoms with Crippen molar-refractivity contribution in [1.29, 1.82) is 0 Å². The Morgan fingerprint density at radius 3 is 2.67 bits per heavy atom. The highest BCUT2D eigenvalue weighted by Crippen LogP contribution is 1.91. The van der Waals surface area contributed by atoms with E-state index >= 15 is 0 Å². The molecular formula is C8H17N3O. The number of hydrogen-bond acceptors (Lipinski definition) is 3. The molecule has 0 radical (unpaired) electrons. The molecule has 0 saturated carbocycles. The van der Waals surface area contributed by atoms with Crippen molar-refractivity contribution < 1.29 is 4.79 Å². The summed E-state index contributed by atoms with van der Waals surface area (Å²) in [6, 6.07) is 0.583. The lowest BCUT2D eigenvalue weighted by Crippen LogP contribution is -2.55. The fourth-order valence-corrected chi connectivity index (χ4v) is 1.04. The Kier molecular flexibility index (Phi) is 3.49. The molecule has 12 heavy (non-hydrogen) atoms. The third-order valence-electron chi connectivity index (χ3n) is 2.05. The summed E-state index contributed by atoms with van der Waals surface area (Å²) in [7, 11) is 3.57. The molecule has 0 spiro atoms. The van der Waals surface area contributed by atoms with Gasteiger partial charge in [0.2, 0.25) is 5.91 Å². The maximum atomic E-state index is 11.1. The van der Waals surface area contributed by atoms with Crippen LogP contribution in [0.4, 0.5) is 0 Å². The van der Waals surface area contributed by atoms with E-state index in [4.69, 9.17) is 0 Å². The van der Waals surface area contributed by atoms with Gasteiger partial charge in [-0.25, -0.2) is 0 Å². The first kappa shape index (κ1) is 9.48. The van der Waals surface area contributed by atoms with Gasteiger partial charge in [-0.3, -0.25) is 4.79 Å². The van der Waals surface area contributed by atoms with E-state index in [0.717, 1.165) is 19.6 Å². The maximum absolute atomic E-state index is 11.1. The molecule has 1 rings (SSSR count). The van der Waals surface area contributed by atoms with E-state index in [9.17, 15) is 4.79 Å². The van der Waals surface area contributed by atoms with Crippen LogP contribution in [0.2, 0.25) is 0 Å². The van der Waals surface area contributed by atoms with E-state index in [2.05, 4.69) is 10.6 Å². The Morgan fingerprint density at radius 2 is 2.25 bits per heavy atom. The molecule has 0 aromatic rings. The Hall–Kier alpha value is -0.610. The van der Waals surface area contributed by atoms with Gasteiger partial charge in [-0.2, -0.15) is 0 Å². The monoisotopic (exact) mass is 171 g/mol. The molecule has 0 unspecified atom stereocenters. The van der Waals surface area contributed by atoms with Crippen LogP contribution in [0.1, 0.15) is 6.42 Å². The smallest absolute Gasteiger partial charge is 0.223 e. The molecule has 1 saturated heterocycles. The van der Waals surface area contributed by atoms with Crippen LogP contribution in [0.5, 0.6) is 0 Å². The van der Waals surface area contributed by atoms with Gasteiger partial charge >= 0.3 is 0 Å². The molecule has 4 heteroatoms. The molecule has 0 aromatic heterocycles. The summed E-state index contributed by atoms with van der Waals surface area (Å²) in [6.07, 6.45) is 0.601. The van der Waals surface area contributed by atoms with Crippen molar-refractivity contribution in [3.05, 3.63) is 0 Å². The molecular weight excluding hydrogens is 154 g/mol. The average Bonchev–Trinajstić information content (AvgIpc) is 1.93. The molecule has 1 heterocycles. The molecule has 1 aliphatic rings. The summed E-state index contributed by atoms with van der Waals surface area (Å²) in [5.74, 6) is 0.190. The van der Waals surface area contributed by atoms with Crippen LogP contribution in [0.3, 0.4) is 0 Å². The van der Waals surface area contributed by atoms with E-state index in [1.807, 2.05) is 0 Å². The topological polar surface area (TPSA) is 44.4 Å². The number of carbonyl (C=O) groups is 1. The van der Waals surface area contributed by atoms with Gasteiger partial charge in [0.25, 0.3) is 0 Å². The highest BCUT2D eigenvalue weighted by Gasteiger charge is 2.15. The van der Waals surface area contributed by atoms with E-state index in [-0.39, 0.29) is 5.91 Å². The first-order valence-electron chi connectivity index (χ1n) is 4.34. The van der Waals surface area contributed by atoms with E-state index < -0.39 is 0 Å². The van der Waals surface area contributed by atoms with Gasteiger partial charge in [-0.15, -0.1) is 0 Å². The minimum absolute atomic E-state index is 0.190. The predicted molar refractivity (Wildman–Crippen MR) is 48.0 cm³/mol. The number of amides is 1. The zero-order valence-electron chi connectivity index (χ0n) is 7.76. The first-order chi connectivity index (χ1) is 5.70. The van der Waals surface area contributed by atoms with Gasteiger partial charge in [0, 0.05) is 46.2 Å². The Bertz CT molecular complexity index is 154. The lowest BCUT2D eigenvalue weighted by molar-refractivity contribution is -0.128. The average molecular weight is 171 g/mol. The van der Waals surface area contributed by atoms with Gasteiger partial charge < -0.3 is 15.5 Å². The van der Waals surface area contributed by atoms with E-state index in [0.29, 0.717) is 12.5 Å². The number of nitrogens with one attached hydrogen (secondary N) is 2. The number of rotatable bonds is 4. The predicted octanol–water partition coefficient (Wildman–Crippen LogP) is -0.974. The summed E-state index contributed by atoms with van der Waals surface area (Å²) in [5.41, 5.74) is 0. The van der Waals surface area contributed by atoms with Crippen LogP contribution in [-0.2, 0) is 4.79 Å². The summed E-state index contributed by atoms with van der Waals surface area (Å²) in [5, 5.41) is 6.46. The van der Waals surface area contributed by atoms with Crippen molar-refractivity contribution in [2.24, 2.45) is 0 Å². The Balaban J connectivity index is 1.97. The van der Waals surface area contributed by atoms with Gasteiger partial charge in [-0.1, -0.05) is 0 Å². The summed E-state index contributed by atoms with van der Waals surface area (Å²) in [6.45, 7) is 2.87. The van der Waals surface area contributed by atoms with Crippen molar-refractivity contribution in [3.8, 4) is 0 Å². The summed E-state index contributed by atoms with van der Waals surface area (Å²) >= 11 is 0. The molecule has 0 bridgehead atoms. The molecule has 4 nitrogen and oxygen atoms in total. The molecule has 1 amide bonds. The molecule has 70 valence electrons. The zero-order valence-corrected chi connectivity index (χ0v) is 7.76. The first-order valence-corrected chi connectivity index (χ1v) is 4.34. The lowest BCUT2D eigenvalue weighted by Gasteiger charge is -2.28. The molecule has 0 atom stereocenters. The van der Waals surface area contributed by atoms with Crippen LogP contribution < -0.4 is 10.6 Å². The van der Waals surface area contributed by atoms with Crippen molar-refractivity contribution in [2.75, 3.05) is 33.7 Å². The quantitative estimate of drug-likeness (QED) is 0.572. The van der Waals surface area contributed by atoms with Crippen LogP contribution >= 0.6 is 0 Å². The third-order valence-corrected chi connectivity index (χ3v) is 2.05. The van der Waals surface area contributed by atoms with Gasteiger partial charge in [0.1, 0.15) is 0 Å². The third kappa shape index (κ3) is 2.79. The normalized spacial score (nSPS) is 17.2.